The van der Waals surface area contributed by atoms with Crippen molar-refractivity contribution in [3.63, 3.8) is 0 Å². The van der Waals surface area contributed by atoms with E-state index in [2.05, 4.69) is 10.6 Å². The van der Waals surface area contributed by atoms with Gasteiger partial charge in [0.1, 0.15) is 54.2 Å². The first-order valence-electron chi connectivity index (χ1n) is 29.8. The second-order valence-corrected chi connectivity index (χ2v) is 23.1. The Morgan fingerprint density at radius 3 is 1.96 bits per heavy atom. The molecule has 5 aromatic carbocycles. The van der Waals surface area contributed by atoms with Crippen LogP contribution in [-0.4, -0.2) is 170 Å². The number of aryl methyl sites for hydroxylation is 1. The number of piperidine rings is 1. The number of cyclic esters (lactones) is 2. The molecule has 1 saturated heterocycles. The van der Waals surface area contributed by atoms with Crippen molar-refractivity contribution >= 4 is 53.2 Å². The number of ether oxygens (including phenoxy) is 5. The SMILES string of the molecule is COc1ccc(CC[C@H]2OC(=O)[C@@H]3CCCCN3C(=O)C(=O)C(C)(C)COC(=O)/C=C/CCN(C)C(=O)[C@@H](Cc3ccccc3)NC(=O)CN(C)C(=O)[C@@H](Cc3ccccc3)NC(=O)[C@H](Cc3ccc(O)cc3)N(C)C(=O)COc3cc(F)cc2c3)cc1OC. The fourth-order valence-corrected chi connectivity index (χ4v) is 10.6. The highest BCUT2D eigenvalue weighted by atomic mass is 19.1. The standard InChI is InChI=1S/C68H79FN6O15/c1-68(2)43-89-61(79)23-15-16-32-72(3)64(82)52(34-44-18-10-8-11-19-44)70-59(77)41-73(4)65(83)53(35-45-20-12-9-13-21-45)71-63(81)55(36-46-24-28-50(76)29-25-46)74(5)60(78)42-88-51-39-48(38-49(69)40-51)56(30-26-47-27-31-57(86-6)58(37-47)87-7)90-67(85)54-22-14-17-33-75(54)66(84)62(68)80/h8-13,15,18-21,23-25,27-29,31,37-40,52-56,76H,14,16-17,22,26,30,32-36,41-43H2,1-7H3,(H,70,77)(H,71,81)/b23-15+/t52-,53-,54+,55+,56-/m1/s1. The number of benzene rings is 5. The van der Waals surface area contributed by atoms with Gasteiger partial charge in [-0.3, -0.25) is 33.6 Å². The maximum Gasteiger partial charge on any atom is 0.330 e. The summed E-state index contributed by atoms with van der Waals surface area (Å²) in [4.78, 5) is 133. The smallest absolute Gasteiger partial charge is 0.330 e. The molecule has 2 aliphatic heterocycles. The van der Waals surface area contributed by atoms with Gasteiger partial charge in [-0.15, -0.1) is 0 Å². The van der Waals surface area contributed by atoms with Gasteiger partial charge in [0.05, 0.1) is 26.2 Å². The summed E-state index contributed by atoms with van der Waals surface area (Å²) >= 11 is 0. The molecule has 7 rings (SSSR count). The van der Waals surface area contributed by atoms with Gasteiger partial charge in [0.2, 0.25) is 29.4 Å². The summed E-state index contributed by atoms with van der Waals surface area (Å²) in [6.45, 7) is 1.19. The summed E-state index contributed by atoms with van der Waals surface area (Å²) in [5.74, 6) is -7.14. The molecule has 90 heavy (non-hydrogen) atoms. The van der Waals surface area contributed by atoms with Crippen LogP contribution in [0.1, 0.15) is 79.9 Å². The Morgan fingerprint density at radius 2 is 1.30 bits per heavy atom. The highest BCUT2D eigenvalue weighted by molar-refractivity contribution is 6.38. The number of esters is 2. The molecule has 2 aliphatic rings. The van der Waals surface area contributed by atoms with Gasteiger partial charge in [0.15, 0.2) is 18.1 Å². The molecular weight excluding hydrogens is 1160 g/mol. The summed E-state index contributed by atoms with van der Waals surface area (Å²) < 4.78 is 44.6. The Balaban J connectivity index is 1.23. The van der Waals surface area contributed by atoms with Gasteiger partial charge in [0.25, 0.3) is 11.8 Å². The highest BCUT2D eigenvalue weighted by Crippen LogP contribution is 2.34. The van der Waals surface area contributed by atoms with Crippen LogP contribution in [0.3, 0.4) is 0 Å². The van der Waals surface area contributed by atoms with Crippen LogP contribution in [0.15, 0.2) is 133 Å². The van der Waals surface area contributed by atoms with Crippen LogP contribution < -0.4 is 24.8 Å². The van der Waals surface area contributed by atoms with Crippen LogP contribution in [0.4, 0.5) is 4.39 Å². The number of fused-ring (bicyclic) bond motifs is 3. The lowest BCUT2D eigenvalue weighted by Gasteiger charge is -2.36. The van der Waals surface area contributed by atoms with Crippen LogP contribution in [0, 0.1) is 11.2 Å². The van der Waals surface area contributed by atoms with Gasteiger partial charge in [-0.25, -0.2) is 14.0 Å². The number of amides is 6. The first kappa shape index (κ1) is 67.9. The summed E-state index contributed by atoms with van der Waals surface area (Å²) in [5.41, 5.74) is 1.19. The number of phenolic OH excluding ortho intramolecular Hbond substituents is 1. The number of aromatic hydroxyl groups is 1. The number of halogens is 1. The highest BCUT2D eigenvalue weighted by Gasteiger charge is 2.43. The van der Waals surface area contributed by atoms with Crippen LogP contribution in [0.2, 0.25) is 0 Å². The van der Waals surface area contributed by atoms with Gasteiger partial charge in [0, 0.05) is 65.6 Å². The van der Waals surface area contributed by atoms with E-state index < -0.39 is 114 Å². The molecule has 21 nitrogen and oxygen atoms in total. The van der Waals surface area contributed by atoms with Crippen molar-refractivity contribution in [2.45, 2.75) is 102 Å². The van der Waals surface area contributed by atoms with Gasteiger partial charge in [-0.2, -0.15) is 0 Å². The number of phenols is 1. The lowest BCUT2D eigenvalue weighted by atomic mass is 9.87. The Hall–Kier alpha value is -9.60. The second kappa shape index (κ2) is 32.0. The topological polar surface area (TPSA) is 257 Å². The minimum atomic E-state index is -1.56. The molecule has 22 heteroatoms. The third-order valence-corrected chi connectivity index (χ3v) is 15.8. The van der Waals surface area contributed by atoms with Gasteiger partial charge < -0.3 is 59.0 Å². The van der Waals surface area contributed by atoms with E-state index >= 15 is 4.39 Å². The number of hydrogen-bond donors (Lipinski definition) is 3. The third-order valence-electron chi connectivity index (χ3n) is 15.8. The minimum Gasteiger partial charge on any atom is -0.508 e. The lowest BCUT2D eigenvalue weighted by molar-refractivity contribution is -0.165. The Bertz CT molecular complexity index is 3380. The van der Waals surface area contributed by atoms with Crippen LogP contribution in [0.5, 0.6) is 23.0 Å². The third kappa shape index (κ3) is 19.0. The molecule has 6 amide bonds. The number of carbonyl (C=O) groups excluding carboxylic acids is 9. The zero-order valence-electron chi connectivity index (χ0n) is 51.8. The fraction of sp³-hybridized carbons (Fsp3) is 0.397. The lowest BCUT2D eigenvalue weighted by Crippen LogP contribution is -2.57. The number of nitrogens with zero attached hydrogens (tertiary/aromatic N) is 4. The van der Waals surface area contributed by atoms with E-state index in [-0.39, 0.29) is 75.1 Å². The molecule has 0 saturated carbocycles. The monoisotopic (exact) mass is 1240 g/mol. The molecule has 5 atom stereocenters. The van der Waals surface area contributed by atoms with Crippen molar-refractivity contribution in [1.82, 2.24) is 30.2 Å². The van der Waals surface area contributed by atoms with E-state index in [0.717, 1.165) is 44.0 Å². The van der Waals surface area contributed by atoms with Crippen molar-refractivity contribution in [2.24, 2.45) is 5.41 Å². The van der Waals surface area contributed by atoms with Crippen LogP contribution in [0.25, 0.3) is 0 Å². The van der Waals surface area contributed by atoms with E-state index in [1.807, 2.05) is 0 Å². The fourth-order valence-electron chi connectivity index (χ4n) is 10.6. The zero-order valence-corrected chi connectivity index (χ0v) is 51.8. The van der Waals surface area contributed by atoms with E-state index in [0.29, 0.717) is 35.5 Å². The second-order valence-electron chi connectivity index (χ2n) is 23.1. The molecule has 2 heterocycles. The van der Waals surface area contributed by atoms with E-state index in [4.69, 9.17) is 23.7 Å². The van der Waals surface area contributed by atoms with Gasteiger partial charge >= 0.3 is 11.9 Å². The maximum absolute atomic E-state index is 16.0. The average Bonchev–Trinajstić information content (AvgIpc) is 1.09. The van der Waals surface area contributed by atoms with Crippen molar-refractivity contribution in [3.8, 4) is 23.0 Å². The summed E-state index contributed by atoms with van der Waals surface area (Å²) in [5, 5.41) is 15.8. The zero-order chi connectivity index (χ0) is 65.1. The Kier molecular flexibility index (Phi) is 24.2. The predicted octanol–water partition coefficient (Wildman–Crippen LogP) is 6.07. The number of rotatable bonds is 11. The van der Waals surface area contributed by atoms with E-state index in [1.54, 1.807) is 91.0 Å². The summed E-state index contributed by atoms with van der Waals surface area (Å²) in [6, 6.07) is 27.6. The van der Waals surface area contributed by atoms with Crippen molar-refractivity contribution in [1.29, 1.82) is 0 Å². The molecule has 2 bridgehead atoms. The Morgan fingerprint density at radius 1 is 0.678 bits per heavy atom. The predicted molar refractivity (Wildman–Crippen MR) is 329 cm³/mol. The summed E-state index contributed by atoms with van der Waals surface area (Å²) in [7, 11) is 7.24. The maximum atomic E-state index is 16.0. The van der Waals surface area contributed by atoms with Crippen LogP contribution >= 0.6 is 0 Å². The Labute approximate surface area is 523 Å². The average molecular weight is 1240 g/mol. The molecule has 0 radical (unpaired) electrons. The number of carbonyl (C=O) groups is 9. The normalized spacial score (nSPS) is 21.4. The van der Waals surface area contributed by atoms with Crippen molar-refractivity contribution in [2.75, 3.05) is 68.2 Å². The summed E-state index contributed by atoms with van der Waals surface area (Å²) in [6.07, 6.45) is 2.84. The molecule has 0 aromatic heterocycles. The van der Waals surface area contributed by atoms with Crippen molar-refractivity contribution in [3.05, 3.63) is 167 Å². The first-order valence-corrected chi connectivity index (χ1v) is 29.8. The van der Waals surface area contributed by atoms with E-state index in [1.165, 1.54) is 78.4 Å². The minimum absolute atomic E-state index is 0.0250. The number of ketones is 1. The molecule has 3 N–H and O–H groups in total. The number of hydrogen-bond acceptors (Lipinski definition) is 15. The molecule has 1 fully saturated rings. The molecule has 0 spiro atoms. The molecule has 5 aromatic rings. The van der Waals surface area contributed by atoms with Gasteiger partial charge in [-0.05, 0) is 117 Å². The number of likely N-dealkylation sites (N-methyl/N-ethyl adjacent to an activating group) is 3. The quantitative estimate of drug-likeness (QED) is 0.100. The number of methoxy groups -OCH3 is 2. The first-order chi connectivity index (χ1) is 43.0. The van der Waals surface area contributed by atoms with Crippen molar-refractivity contribution < 1.29 is 76.3 Å². The molecule has 478 valence electrons. The molecular formula is C68H79FN6O15. The number of nitrogens with one attached hydrogen (secondary N) is 2. The largest absolute Gasteiger partial charge is 0.508 e. The molecule has 0 aliphatic carbocycles. The van der Waals surface area contributed by atoms with Gasteiger partial charge in [-0.1, -0.05) is 84.9 Å². The molecule has 0 unspecified atom stereocenters. The van der Waals surface area contributed by atoms with Crippen LogP contribution in [-0.2, 0) is 78.3 Å². The number of Topliss-reactive ketones (excluding diaryl/α,β-unsaturated/α-hetero) is 1. The van der Waals surface area contributed by atoms with E-state index in [9.17, 15) is 48.3 Å².